The standard InChI is InChI=1S/C15H13BrF2N2O/c1-8(9-2-4-10(16)5-3-9)20-15(21)12-6-11(17)7-13(19)14(12)18/h2-8H,19H2,1H3,(H,20,21)/t8-/m0/s1. The van der Waals surface area contributed by atoms with Gasteiger partial charge in [-0.2, -0.15) is 0 Å². The van der Waals surface area contributed by atoms with Gasteiger partial charge in [-0.3, -0.25) is 4.79 Å². The fourth-order valence-electron chi connectivity index (χ4n) is 1.88. The molecule has 0 aliphatic carbocycles. The first kappa shape index (κ1) is 15.4. The first-order chi connectivity index (χ1) is 9.88. The summed E-state index contributed by atoms with van der Waals surface area (Å²) < 4.78 is 27.9. The Morgan fingerprint density at radius 1 is 1.24 bits per heavy atom. The average Bonchev–Trinajstić information content (AvgIpc) is 2.43. The van der Waals surface area contributed by atoms with Gasteiger partial charge in [-0.15, -0.1) is 0 Å². The number of amides is 1. The van der Waals surface area contributed by atoms with Crippen molar-refractivity contribution in [3.8, 4) is 0 Å². The maximum Gasteiger partial charge on any atom is 0.254 e. The van der Waals surface area contributed by atoms with Crippen LogP contribution in [0.2, 0.25) is 0 Å². The Labute approximate surface area is 129 Å². The van der Waals surface area contributed by atoms with E-state index in [0.29, 0.717) is 0 Å². The van der Waals surface area contributed by atoms with Gasteiger partial charge in [0.25, 0.3) is 5.91 Å². The molecule has 2 aromatic carbocycles. The molecule has 0 heterocycles. The van der Waals surface area contributed by atoms with Gasteiger partial charge >= 0.3 is 0 Å². The van der Waals surface area contributed by atoms with Gasteiger partial charge in [0.05, 0.1) is 17.3 Å². The number of anilines is 1. The molecule has 3 nitrogen and oxygen atoms in total. The molecule has 21 heavy (non-hydrogen) atoms. The van der Waals surface area contributed by atoms with E-state index in [2.05, 4.69) is 21.2 Å². The molecule has 0 aliphatic rings. The van der Waals surface area contributed by atoms with E-state index in [4.69, 9.17) is 5.73 Å². The number of nitrogen functional groups attached to an aromatic ring is 1. The van der Waals surface area contributed by atoms with E-state index in [1.165, 1.54) is 0 Å². The lowest BCUT2D eigenvalue weighted by Crippen LogP contribution is -2.27. The molecule has 2 rings (SSSR count). The lowest BCUT2D eigenvalue weighted by Gasteiger charge is -2.15. The fourth-order valence-corrected chi connectivity index (χ4v) is 2.15. The highest BCUT2D eigenvalue weighted by Gasteiger charge is 2.18. The molecule has 0 unspecified atom stereocenters. The van der Waals surface area contributed by atoms with Crippen molar-refractivity contribution in [3.63, 3.8) is 0 Å². The molecular formula is C15H13BrF2N2O. The van der Waals surface area contributed by atoms with Crippen LogP contribution < -0.4 is 11.1 Å². The zero-order chi connectivity index (χ0) is 15.6. The van der Waals surface area contributed by atoms with Crippen LogP contribution in [0.15, 0.2) is 40.9 Å². The number of rotatable bonds is 3. The van der Waals surface area contributed by atoms with Gasteiger partial charge in [0, 0.05) is 4.47 Å². The van der Waals surface area contributed by atoms with E-state index in [0.717, 1.165) is 22.2 Å². The largest absolute Gasteiger partial charge is 0.396 e. The number of nitrogens with two attached hydrogens (primary N) is 1. The smallest absolute Gasteiger partial charge is 0.254 e. The number of benzene rings is 2. The summed E-state index contributed by atoms with van der Waals surface area (Å²) in [5.74, 6) is -2.39. The highest BCUT2D eigenvalue weighted by atomic mass is 79.9. The second-order valence-corrected chi connectivity index (χ2v) is 5.52. The molecule has 6 heteroatoms. The van der Waals surface area contributed by atoms with Gasteiger partial charge in [-0.1, -0.05) is 28.1 Å². The van der Waals surface area contributed by atoms with Crippen LogP contribution in [-0.2, 0) is 0 Å². The summed E-state index contributed by atoms with van der Waals surface area (Å²) in [6.07, 6.45) is 0. The van der Waals surface area contributed by atoms with Gasteiger partial charge in [0.1, 0.15) is 5.82 Å². The van der Waals surface area contributed by atoms with Crippen molar-refractivity contribution in [2.24, 2.45) is 0 Å². The van der Waals surface area contributed by atoms with Gasteiger partial charge < -0.3 is 11.1 Å². The van der Waals surface area contributed by atoms with Crippen molar-refractivity contribution in [2.45, 2.75) is 13.0 Å². The van der Waals surface area contributed by atoms with Crippen LogP contribution in [0, 0.1) is 11.6 Å². The summed E-state index contributed by atoms with van der Waals surface area (Å²) in [4.78, 5) is 12.0. The topological polar surface area (TPSA) is 55.1 Å². The number of carbonyl (C=O) groups is 1. The lowest BCUT2D eigenvalue weighted by atomic mass is 10.1. The predicted molar refractivity (Wildman–Crippen MR) is 80.8 cm³/mol. The maximum absolute atomic E-state index is 13.8. The van der Waals surface area contributed by atoms with Crippen LogP contribution >= 0.6 is 15.9 Å². The van der Waals surface area contributed by atoms with Crippen molar-refractivity contribution < 1.29 is 13.6 Å². The minimum Gasteiger partial charge on any atom is -0.396 e. The Hall–Kier alpha value is -1.95. The van der Waals surface area contributed by atoms with Crippen LogP contribution in [0.5, 0.6) is 0 Å². The fraction of sp³-hybridized carbons (Fsp3) is 0.133. The molecule has 0 bridgehead atoms. The molecule has 3 N–H and O–H groups in total. The first-order valence-corrected chi connectivity index (χ1v) is 6.98. The number of halogens is 3. The van der Waals surface area contributed by atoms with Gasteiger partial charge in [-0.05, 0) is 36.8 Å². The van der Waals surface area contributed by atoms with Gasteiger partial charge in [0.2, 0.25) is 0 Å². The third-order valence-electron chi connectivity index (χ3n) is 3.03. The van der Waals surface area contributed by atoms with E-state index in [1.54, 1.807) is 6.92 Å². The number of hydrogen-bond donors (Lipinski definition) is 2. The second kappa shape index (κ2) is 6.22. The van der Waals surface area contributed by atoms with Crippen molar-refractivity contribution in [3.05, 3.63) is 63.6 Å². The molecule has 0 fully saturated rings. The highest BCUT2D eigenvalue weighted by Crippen LogP contribution is 2.20. The first-order valence-electron chi connectivity index (χ1n) is 6.19. The SMILES string of the molecule is C[C@H](NC(=O)c1cc(F)cc(N)c1F)c1ccc(Br)cc1. The lowest BCUT2D eigenvalue weighted by molar-refractivity contribution is 0.0935. The molecule has 0 radical (unpaired) electrons. The summed E-state index contributed by atoms with van der Waals surface area (Å²) in [5, 5.41) is 2.61. The molecule has 0 saturated carbocycles. The number of carbonyl (C=O) groups excluding carboxylic acids is 1. The number of nitrogens with one attached hydrogen (secondary N) is 1. The monoisotopic (exact) mass is 354 g/mol. The zero-order valence-electron chi connectivity index (χ0n) is 11.2. The Morgan fingerprint density at radius 2 is 1.86 bits per heavy atom. The molecule has 0 spiro atoms. The molecule has 0 saturated heterocycles. The minimum atomic E-state index is -0.920. The van der Waals surface area contributed by atoms with Crippen molar-refractivity contribution in [2.75, 3.05) is 5.73 Å². The molecular weight excluding hydrogens is 342 g/mol. The molecule has 1 amide bonds. The average molecular weight is 355 g/mol. The van der Waals surface area contributed by atoms with E-state index in [9.17, 15) is 13.6 Å². The summed E-state index contributed by atoms with van der Waals surface area (Å²) in [5.41, 5.74) is 5.36. The molecule has 0 aliphatic heterocycles. The van der Waals surface area contributed by atoms with Crippen LogP contribution in [0.1, 0.15) is 28.9 Å². The molecule has 1 atom stereocenters. The van der Waals surface area contributed by atoms with Crippen molar-refractivity contribution in [1.29, 1.82) is 0 Å². The minimum absolute atomic E-state index is 0.352. The maximum atomic E-state index is 13.8. The third kappa shape index (κ3) is 3.58. The van der Waals surface area contributed by atoms with Gasteiger partial charge in [0.15, 0.2) is 5.82 Å². The quantitative estimate of drug-likeness (QED) is 0.823. The normalized spacial score (nSPS) is 12.0. The number of hydrogen-bond acceptors (Lipinski definition) is 2. The van der Waals surface area contributed by atoms with Crippen LogP contribution in [0.3, 0.4) is 0 Å². The van der Waals surface area contributed by atoms with Crippen molar-refractivity contribution >= 4 is 27.5 Å². The van der Waals surface area contributed by atoms with Crippen molar-refractivity contribution in [1.82, 2.24) is 5.32 Å². The predicted octanol–water partition coefficient (Wildman–Crippen LogP) is 3.80. The van der Waals surface area contributed by atoms with E-state index >= 15 is 0 Å². The van der Waals surface area contributed by atoms with Gasteiger partial charge in [-0.25, -0.2) is 8.78 Å². The summed E-state index contributed by atoms with van der Waals surface area (Å²) in [6.45, 7) is 1.75. The second-order valence-electron chi connectivity index (χ2n) is 4.60. The molecule has 2 aromatic rings. The van der Waals surface area contributed by atoms with E-state index in [1.807, 2.05) is 24.3 Å². The van der Waals surface area contributed by atoms with Crippen LogP contribution in [-0.4, -0.2) is 5.91 Å². The highest BCUT2D eigenvalue weighted by molar-refractivity contribution is 9.10. The Morgan fingerprint density at radius 3 is 2.48 bits per heavy atom. The Balaban J connectivity index is 2.20. The summed E-state index contributed by atoms with van der Waals surface area (Å²) in [7, 11) is 0. The molecule has 110 valence electrons. The van der Waals surface area contributed by atoms with E-state index < -0.39 is 28.8 Å². The van der Waals surface area contributed by atoms with Crippen LogP contribution in [0.4, 0.5) is 14.5 Å². The Kier molecular flexibility index (Phi) is 4.57. The van der Waals surface area contributed by atoms with Crippen LogP contribution in [0.25, 0.3) is 0 Å². The summed E-state index contributed by atoms with van der Waals surface area (Å²) >= 11 is 3.32. The summed E-state index contributed by atoms with van der Waals surface area (Å²) in [6, 6.07) is 8.63. The third-order valence-corrected chi connectivity index (χ3v) is 3.56. The van der Waals surface area contributed by atoms with E-state index in [-0.39, 0.29) is 6.04 Å². The molecule has 0 aromatic heterocycles. The zero-order valence-corrected chi connectivity index (χ0v) is 12.7. The Bertz CT molecular complexity index is 674.